The van der Waals surface area contributed by atoms with Gasteiger partial charge in [0.1, 0.15) is 11.4 Å². The number of aryl methyl sites for hydroxylation is 4. The molecule has 4 heteroatoms. The fourth-order valence-electron chi connectivity index (χ4n) is 2.28. The molecule has 0 saturated heterocycles. The number of pyridine rings is 1. The number of nitrogens with one attached hydrogen (secondary N) is 1. The normalized spacial score (nSPS) is 10.4. The van der Waals surface area contributed by atoms with Gasteiger partial charge < -0.3 is 10.4 Å². The van der Waals surface area contributed by atoms with Crippen molar-refractivity contribution in [2.75, 3.05) is 5.32 Å². The Morgan fingerprint density at radius 1 is 1.10 bits per heavy atom. The lowest BCUT2D eigenvalue weighted by atomic mass is 10.1. The summed E-state index contributed by atoms with van der Waals surface area (Å²) in [5.74, 6) is -0.579. The first kappa shape index (κ1) is 14.1. The Bertz CT molecular complexity index is 678. The summed E-state index contributed by atoms with van der Waals surface area (Å²) < 4.78 is 0. The van der Waals surface area contributed by atoms with Crippen LogP contribution in [-0.4, -0.2) is 16.1 Å². The van der Waals surface area contributed by atoms with Gasteiger partial charge in [0.25, 0.3) is 0 Å². The molecular weight excluding hydrogens is 252 g/mol. The highest BCUT2D eigenvalue weighted by molar-refractivity contribution is 5.95. The van der Waals surface area contributed by atoms with Crippen molar-refractivity contribution in [2.45, 2.75) is 27.7 Å². The van der Waals surface area contributed by atoms with E-state index in [4.69, 9.17) is 0 Å². The average Bonchev–Trinajstić information content (AvgIpc) is 2.31. The molecule has 0 amide bonds. The molecule has 2 aromatic rings. The zero-order valence-corrected chi connectivity index (χ0v) is 12.1. The molecule has 1 aromatic heterocycles. The summed E-state index contributed by atoms with van der Waals surface area (Å²) >= 11 is 0. The van der Waals surface area contributed by atoms with E-state index in [9.17, 15) is 9.90 Å². The van der Waals surface area contributed by atoms with Crippen LogP contribution in [0.25, 0.3) is 0 Å². The first-order chi connectivity index (χ1) is 9.38. The Balaban J connectivity index is 2.50. The smallest absolute Gasteiger partial charge is 0.339 e. The van der Waals surface area contributed by atoms with Crippen LogP contribution in [0.2, 0.25) is 0 Å². The first-order valence-electron chi connectivity index (χ1n) is 6.44. The highest BCUT2D eigenvalue weighted by Crippen LogP contribution is 2.25. The molecule has 0 unspecified atom stereocenters. The second kappa shape index (κ2) is 5.33. The number of aromatic nitrogens is 1. The van der Waals surface area contributed by atoms with Crippen molar-refractivity contribution in [3.8, 4) is 0 Å². The van der Waals surface area contributed by atoms with Gasteiger partial charge >= 0.3 is 5.97 Å². The zero-order valence-electron chi connectivity index (χ0n) is 12.1. The number of rotatable bonds is 3. The Kier molecular flexibility index (Phi) is 3.74. The summed E-state index contributed by atoms with van der Waals surface area (Å²) in [7, 11) is 0. The molecule has 0 aliphatic rings. The standard InChI is InChI=1S/C16H18N2O2/c1-9-5-6-13(10(2)7-9)18-15-14(16(19)20)11(3)8-12(4)17-15/h5-8H,1-4H3,(H,17,18)(H,19,20). The van der Waals surface area contributed by atoms with E-state index in [1.165, 1.54) is 5.56 Å². The maximum absolute atomic E-state index is 11.4. The topological polar surface area (TPSA) is 62.2 Å². The molecular formula is C16H18N2O2. The van der Waals surface area contributed by atoms with Crippen LogP contribution in [-0.2, 0) is 0 Å². The predicted molar refractivity (Wildman–Crippen MR) is 79.9 cm³/mol. The van der Waals surface area contributed by atoms with E-state index in [0.29, 0.717) is 11.4 Å². The molecule has 20 heavy (non-hydrogen) atoms. The number of benzene rings is 1. The zero-order chi connectivity index (χ0) is 14.9. The average molecular weight is 270 g/mol. The monoisotopic (exact) mass is 270 g/mol. The third kappa shape index (κ3) is 2.79. The summed E-state index contributed by atoms with van der Waals surface area (Å²) in [5, 5.41) is 12.5. The Morgan fingerprint density at radius 3 is 2.40 bits per heavy atom. The highest BCUT2D eigenvalue weighted by atomic mass is 16.4. The number of nitrogens with zero attached hydrogens (tertiary/aromatic N) is 1. The second-order valence-corrected chi connectivity index (χ2v) is 5.05. The van der Waals surface area contributed by atoms with Crippen LogP contribution in [0.5, 0.6) is 0 Å². The van der Waals surface area contributed by atoms with Gasteiger partial charge in [-0.05, 0) is 51.0 Å². The van der Waals surface area contributed by atoms with Gasteiger partial charge in [-0.25, -0.2) is 9.78 Å². The molecule has 2 rings (SSSR count). The number of hydrogen-bond acceptors (Lipinski definition) is 3. The number of anilines is 2. The van der Waals surface area contributed by atoms with Crippen molar-refractivity contribution < 1.29 is 9.90 Å². The van der Waals surface area contributed by atoms with E-state index in [1.54, 1.807) is 13.0 Å². The van der Waals surface area contributed by atoms with Crippen molar-refractivity contribution >= 4 is 17.5 Å². The number of carbonyl (C=O) groups is 1. The largest absolute Gasteiger partial charge is 0.478 e. The first-order valence-corrected chi connectivity index (χ1v) is 6.44. The lowest BCUT2D eigenvalue weighted by Gasteiger charge is -2.14. The van der Waals surface area contributed by atoms with E-state index < -0.39 is 5.97 Å². The lowest BCUT2D eigenvalue weighted by Crippen LogP contribution is -2.09. The summed E-state index contributed by atoms with van der Waals surface area (Å²) in [6.07, 6.45) is 0. The van der Waals surface area contributed by atoms with Gasteiger partial charge in [0.05, 0.1) is 0 Å². The third-order valence-electron chi connectivity index (χ3n) is 3.19. The second-order valence-electron chi connectivity index (χ2n) is 5.05. The number of carboxylic acid groups (broad SMARTS) is 1. The molecule has 1 heterocycles. The Labute approximate surface area is 118 Å². The molecule has 0 bridgehead atoms. The molecule has 0 radical (unpaired) electrons. The van der Waals surface area contributed by atoms with Gasteiger partial charge in [-0.1, -0.05) is 17.7 Å². The van der Waals surface area contributed by atoms with Crippen LogP contribution in [0.1, 0.15) is 32.7 Å². The van der Waals surface area contributed by atoms with E-state index in [0.717, 1.165) is 16.9 Å². The molecule has 0 spiro atoms. The summed E-state index contributed by atoms with van der Waals surface area (Å²) in [6, 6.07) is 7.75. The minimum atomic E-state index is -0.970. The fraction of sp³-hybridized carbons (Fsp3) is 0.250. The number of carboxylic acids is 1. The summed E-state index contributed by atoms with van der Waals surface area (Å²) in [4.78, 5) is 15.7. The minimum absolute atomic E-state index is 0.218. The number of hydrogen-bond donors (Lipinski definition) is 2. The van der Waals surface area contributed by atoms with Crippen molar-refractivity contribution in [1.82, 2.24) is 4.98 Å². The maximum Gasteiger partial charge on any atom is 0.339 e. The molecule has 0 saturated carbocycles. The highest BCUT2D eigenvalue weighted by Gasteiger charge is 2.16. The van der Waals surface area contributed by atoms with Gasteiger partial charge in [-0.15, -0.1) is 0 Å². The van der Waals surface area contributed by atoms with Crippen LogP contribution in [0.4, 0.5) is 11.5 Å². The van der Waals surface area contributed by atoms with E-state index in [-0.39, 0.29) is 5.56 Å². The summed E-state index contributed by atoms with van der Waals surface area (Å²) in [5.41, 5.74) is 4.81. The van der Waals surface area contributed by atoms with Crippen LogP contribution in [0.15, 0.2) is 24.3 Å². The quantitative estimate of drug-likeness (QED) is 0.891. The van der Waals surface area contributed by atoms with E-state index in [1.807, 2.05) is 39.0 Å². The van der Waals surface area contributed by atoms with E-state index >= 15 is 0 Å². The molecule has 104 valence electrons. The van der Waals surface area contributed by atoms with Gasteiger partial charge in [0, 0.05) is 11.4 Å². The van der Waals surface area contributed by atoms with Crippen LogP contribution in [0.3, 0.4) is 0 Å². The molecule has 0 atom stereocenters. The summed E-state index contributed by atoms with van der Waals surface area (Å²) in [6.45, 7) is 7.64. The Morgan fingerprint density at radius 2 is 1.80 bits per heavy atom. The minimum Gasteiger partial charge on any atom is -0.478 e. The maximum atomic E-state index is 11.4. The van der Waals surface area contributed by atoms with Crippen LogP contribution < -0.4 is 5.32 Å². The Hall–Kier alpha value is -2.36. The van der Waals surface area contributed by atoms with Crippen molar-refractivity contribution in [3.63, 3.8) is 0 Å². The molecule has 2 N–H and O–H groups in total. The van der Waals surface area contributed by atoms with E-state index in [2.05, 4.69) is 10.3 Å². The van der Waals surface area contributed by atoms with Gasteiger partial charge in [-0.3, -0.25) is 0 Å². The van der Waals surface area contributed by atoms with Crippen molar-refractivity contribution in [3.05, 3.63) is 52.2 Å². The molecule has 4 nitrogen and oxygen atoms in total. The van der Waals surface area contributed by atoms with Crippen molar-refractivity contribution in [2.24, 2.45) is 0 Å². The molecule has 0 aliphatic heterocycles. The van der Waals surface area contributed by atoms with Crippen LogP contribution in [0, 0.1) is 27.7 Å². The van der Waals surface area contributed by atoms with Gasteiger partial charge in [0.2, 0.25) is 0 Å². The molecule has 1 aromatic carbocycles. The SMILES string of the molecule is Cc1ccc(Nc2nc(C)cc(C)c2C(=O)O)c(C)c1. The third-order valence-corrected chi connectivity index (χ3v) is 3.19. The van der Waals surface area contributed by atoms with Gasteiger partial charge in [-0.2, -0.15) is 0 Å². The van der Waals surface area contributed by atoms with Crippen molar-refractivity contribution in [1.29, 1.82) is 0 Å². The molecule has 0 aliphatic carbocycles. The fourth-order valence-corrected chi connectivity index (χ4v) is 2.28. The number of aromatic carboxylic acids is 1. The predicted octanol–water partition coefficient (Wildman–Crippen LogP) is 3.76. The van der Waals surface area contributed by atoms with Gasteiger partial charge in [0.15, 0.2) is 0 Å². The van der Waals surface area contributed by atoms with Crippen LogP contribution >= 0.6 is 0 Å². The molecule has 0 fully saturated rings. The lowest BCUT2D eigenvalue weighted by molar-refractivity contribution is 0.0697.